The van der Waals surface area contributed by atoms with E-state index in [1.54, 1.807) is 17.8 Å². The minimum Gasteiger partial charge on any atom is -0.419 e. The summed E-state index contributed by atoms with van der Waals surface area (Å²) in [6, 6.07) is 15.8. The highest BCUT2D eigenvalue weighted by molar-refractivity contribution is 8.00. The smallest absolute Gasteiger partial charge is 0.249 e. The highest BCUT2D eigenvalue weighted by atomic mass is 35.5. The molecule has 0 aliphatic heterocycles. The van der Waals surface area contributed by atoms with Gasteiger partial charge >= 0.3 is 0 Å². The van der Waals surface area contributed by atoms with Crippen LogP contribution in [0.1, 0.15) is 24.3 Å². The molecule has 3 aromatic rings. The Bertz CT molecular complexity index is 970. The standard InChI is InChI=1S/C21H20ClN3O2S/c1-14-6-10-16(11-7-14)28-13-20(26)25(15-8-9-15)12-19-23-24-21(27-19)17-4-2-3-5-18(17)22/h2-7,10-11,15H,8-9,12-13H2,1H3. The van der Waals surface area contributed by atoms with Crippen LogP contribution in [0, 0.1) is 6.92 Å². The van der Waals surface area contributed by atoms with Crippen LogP contribution in [0.25, 0.3) is 11.5 Å². The molecule has 0 radical (unpaired) electrons. The zero-order valence-electron chi connectivity index (χ0n) is 15.5. The summed E-state index contributed by atoms with van der Waals surface area (Å²) in [4.78, 5) is 15.7. The van der Waals surface area contributed by atoms with Crippen molar-refractivity contribution in [3.63, 3.8) is 0 Å². The van der Waals surface area contributed by atoms with Gasteiger partial charge in [0.15, 0.2) is 0 Å². The first-order valence-corrected chi connectivity index (χ1v) is 10.5. The number of hydrogen-bond donors (Lipinski definition) is 0. The summed E-state index contributed by atoms with van der Waals surface area (Å²) in [6.45, 7) is 2.38. The van der Waals surface area contributed by atoms with Crippen LogP contribution < -0.4 is 0 Å². The molecule has 2 aromatic carbocycles. The molecule has 1 aromatic heterocycles. The van der Waals surface area contributed by atoms with Gasteiger partial charge in [-0.05, 0) is 44.0 Å². The molecule has 4 rings (SSSR count). The first-order chi connectivity index (χ1) is 13.6. The van der Waals surface area contributed by atoms with Gasteiger partial charge in [-0.2, -0.15) is 0 Å². The Morgan fingerprint density at radius 3 is 2.64 bits per heavy atom. The molecular weight excluding hydrogens is 394 g/mol. The average Bonchev–Trinajstić information content (AvgIpc) is 3.44. The van der Waals surface area contributed by atoms with Crippen molar-refractivity contribution in [1.82, 2.24) is 15.1 Å². The van der Waals surface area contributed by atoms with Crippen LogP contribution in [0.4, 0.5) is 0 Å². The predicted octanol–water partition coefficient (Wildman–Crippen LogP) is 4.98. The Kier molecular flexibility index (Phi) is 5.69. The van der Waals surface area contributed by atoms with Gasteiger partial charge in [0.1, 0.15) is 0 Å². The molecule has 144 valence electrons. The van der Waals surface area contributed by atoms with E-state index in [1.165, 1.54) is 5.56 Å². The van der Waals surface area contributed by atoms with E-state index in [4.69, 9.17) is 16.0 Å². The van der Waals surface area contributed by atoms with Crippen LogP contribution in [-0.2, 0) is 11.3 Å². The first kappa shape index (κ1) is 19.0. The van der Waals surface area contributed by atoms with E-state index < -0.39 is 0 Å². The van der Waals surface area contributed by atoms with Crippen molar-refractivity contribution in [1.29, 1.82) is 0 Å². The third-order valence-electron chi connectivity index (χ3n) is 4.57. The Balaban J connectivity index is 1.42. The Morgan fingerprint density at radius 2 is 1.93 bits per heavy atom. The van der Waals surface area contributed by atoms with Crippen molar-refractivity contribution >= 4 is 29.3 Å². The quantitative estimate of drug-likeness (QED) is 0.511. The molecule has 1 saturated carbocycles. The lowest BCUT2D eigenvalue weighted by Crippen LogP contribution is -2.34. The Morgan fingerprint density at radius 1 is 1.18 bits per heavy atom. The summed E-state index contributed by atoms with van der Waals surface area (Å²) in [7, 11) is 0. The number of amides is 1. The monoisotopic (exact) mass is 413 g/mol. The SMILES string of the molecule is Cc1ccc(SCC(=O)N(Cc2nnc(-c3ccccc3Cl)o2)C2CC2)cc1. The largest absolute Gasteiger partial charge is 0.419 e. The summed E-state index contributed by atoms with van der Waals surface area (Å²) in [6.07, 6.45) is 2.04. The Labute approximate surface area is 173 Å². The molecule has 1 aliphatic rings. The number of carbonyl (C=O) groups excluding carboxylic acids is 1. The second-order valence-corrected chi connectivity index (χ2v) is 8.29. The molecule has 1 aliphatic carbocycles. The molecule has 0 saturated heterocycles. The second-order valence-electron chi connectivity index (χ2n) is 6.84. The molecule has 0 bridgehead atoms. The fraction of sp³-hybridized carbons (Fsp3) is 0.286. The number of aryl methyl sites for hydroxylation is 1. The van der Waals surface area contributed by atoms with Crippen molar-refractivity contribution in [2.24, 2.45) is 0 Å². The fourth-order valence-electron chi connectivity index (χ4n) is 2.88. The number of rotatable bonds is 7. The van der Waals surface area contributed by atoms with Crippen molar-refractivity contribution in [2.75, 3.05) is 5.75 Å². The van der Waals surface area contributed by atoms with Crippen LogP contribution in [0.15, 0.2) is 57.8 Å². The van der Waals surface area contributed by atoms with Crippen LogP contribution in [0.3, 0.4) is 0 Å². The molecule has 0 atom stereocenters. The number of benzene rings is 2. The second kappa shape index (κ2) is 8.37. The number of carbonyl (C=O) groups is 1. The molecule has 5 nitrogen and oxygen atoms in total. The van der Waals surface area contributed by atoms with E-state index in [9.17, 15) is 4.79 Å². The van der Waals surface area contributed by atoms with Crippen LogP contribution in [-0.4, -0.2) is 32.8 Å². The maximum atomic E-state index is 12.8. The summed E-state index contributed by atoms with van der Waals surface area (Å²) < 4.78 is 5.78. The topological polar surface area (TPSA) is 59.2 Å². The molecule has 1 heterocycles. The van der Waals surface area contributed by atoms with E-state index in [0.717, 1.165) is 17.7 Å². The van der Waals surface area contributed by atoms with Gasteiger partial charge in [-0.15, -0.1) is 22.0 Å². The van der Waals surface area contributed by atoms with E-state index in [2.05, 4.69) is 29.3 Å². The maximum Gasteiger partial charge on any atom is 0.249 e. The van der Waals surface area contributed by atoms with Crippen molar-refractivity contribution in [3.05, 3.63) is 65.0 Å². The van der Waals surface area contributed by atoms with Crippen molar-refractivity contribution in [2.45, 2.75) is 37.2 Å². The van der Waals surface area contributed by atoms with Crippen LogP contribution >= 0.6 is 23.4 Å². The minimum atomic E-state index is 0.0885. The summed E-state index contributed by atoms with van der Waals surface area (Å²) in [5.41, 5.74) is 1.91. The van der Waals surface area contributed by atoms with Gasteiger partial charge in [0.2, 0.25) is 17.7 Å². The highest BCUT2D eigenvalue weighted by Crippen LogP contribution is 2.31. The third kappa shape index (κ3) is 4.56. The van der Waals surface area contributed by atoms with Crippen molar-refractivity contribution < 1.29 is 9.21 Å². The zero-order valence-corrected chi connectivity index (χ0v) is 17.0. The number of hydrogen-bond acceptors (Lipinski definition) is 5. The van der Waals surface area contributed by atoms with Crippen LogP contribution in [0.2, 0.25) is 5.02 Å². The minimum absolute atomic E-state index is 0.0885. The number of nitrogens with zero attached hydrogens (tertiary/aromatic N) is 3. The summed E-state index contributed by atoms with van der Waals surface area (Å²) in [5.74, 6) is 1.28. The Hall–Kier alpha value is -2.31. The summed E-state index contributed by atoms with van der Waals surface area (Å²) >= 11 is 7.75. The normalized spacial score (nSPS) is 13.5. The molecule has 1 fully saturated rings. The van der Waals surface area contributed by atoms with Gasteiger partial charge in [0, 0.05) is 10.9 Å². The molecule has 28 heavy (non-hydrogen) atoms. The fourth-order valence-corrected chi connectivity index (χ4v) is 3.88. The van der Waals surface area contributed by atoms with Crippen LogP contribution in [0.5, 0.6) is 0 Å². The van der Waals surface area contributed by atoms with Gasteiger partial charge in [0.25, 0.3) is 0 Å². The molecule has 0 unspecified atom stereocenters. The van der Waals surface area contributed by atoms with E-state index in [1.807, 2.05) is 35.2 Å². The predicted molar refractivity (Wildman–Crippen MR) is 110 cm³/mol. The first-order valence-electron chi connectivity index (χ1n) is 9.16. The van der Waals surface area contributed by atoms with E-state index >= 15 is 0 Å². The van der Waals surface area contributed by atoms with E-state index in [-0.39, 0.29) is 11.9 Å². The van der Waals surface area contributed by atoms with E-state index in [0.29, 0.717) is 34.7 Å². The average molecular weight is 414 g/mol. The number of thioether (sulfide) groups is 1. The molecule has 0 spiro atoms. The zero-order chi connectivity index (χ0) is 19.5. The molecule has 7 heteroatoms. The van der Waals surface area contributed by atoms with Gasteiger partial charge < -0.3 is 9.32 Å². The summed E-state index contributed by atoms with van der Waals surface area (Å²) in [5, 5.41) is 8.77. The van der Waals surface area contributed by atoms with Gasteiger partial charge in [-0.3, -0.25) is 4.79 Å². The van der Waals surface area contributed by atoms with Gasteiger partial charge in [-0.25, -0.2) is 0 Å². The van der Waals surface area contributed by atoms with Gasteiger partial charge in [-0.1, -0.05) is 41.4 Å². The van der Waals surface area contributed by atoms with Gasteiger partial charge in [0.05, 0.1) is 22.9 Å². The highest BCUT2D eigenvalue weighted by Gasteiger charge is 2.33. The molecule has 0 N–H and O–H groups in total. The lowest BCUT2D eigenvalue weighted by Gasteiger charge is -2.20. The molecule has 1 amide bonds. The number of halogens is 1. The lowest BCUT2D eigenvalue weighted by atomic mass is 10.2. The lowest BCUT2D eigenvalue weighted by molar-refractivity contribution is -0.129. The third-order valence-corrected chi connectivity index (χ3v) is 5.89. The molecular formula is C21H20ClN3O2S. The maximum absolute atomic E-state index is 12.8. The number of aromatic nitrogens is 2. The van der Waals surface area contributed by atoms with Crippen molar-refractivity contribution in [3.8, 4) is 11.5 Å².